The Balaban J connectivity index is 2.68. The third-order valence-electron chi connectivity index (χ3n) is 1.53. The number of ether oxygens (including phenoxy) is 1. The molecular formula is C9H8BrF3O. The standard InChI is InChI=1S/C9H8BrF3O/c1-6-4-7(10)2-3-8(6)14-5-9(11,12)13/h2-4H,5H2,1H3. The zero-order chi connectivity index (χ0) is 10.8. The Hall–Kier alpha value is -0.710. The maximum Gasteiger partial charge on any atom is 0.422 e. The van der Waals surface area contributed by atoms with Crippen LogP contribution in [-0.2, 0) is 0 Å². The van der Waals surface area contributed by atoms with E-state index in [1.165, 1.54) is 6.07 Å². The molecule has 78 valence electrons. The molecule has 0 radical (unpaired) electrons. The number of aryl methyl sites for hydroxylation is 1. The average Bonchev–Trinajstić information content (AvgIpc) is 2.00. The van der Waals surface area contributed by atoms with Crippen molar-refractivity contribution in [2.24, 2.45) is 0 Å². The van der Waals surface area contributed by atoms with Crippen LogP contribution in [0.15, 0.2) is 22.7 Å². The monoisotopic (exact) mass is 268 g/mol. The molecule has 0 aliphatic heterocycles. The van der Waals surface area contributed by atoms with Gasteiger partial charge in [0.2, 0.25) is 0 Å². The summed E-state index contributed by atoms with van der Waals surface area (Å²) < 4.78 is 40.9. The van der Waals surface area contributed by atoms with Crippen molar-refractivity contribution < 1.29 is 17.9 Å². The molecule has 0 unspecified atom stereocenters. The molecule has 0 heterocycles. The minimum absolute atomic E-state index is 0.255. The third-order valence-corrected chi connectivity index (χ3v) is 2.02. The summed E-state index contributed by atoms with van der Waals surface area (Å²) in [5.41, 5.74) is 0.670. The van der Waals surface area contributed by atoms with Crippen LogP contribution in [0.2, 0.25) is 0 Å². The van der Waals surface area contributed by atoms with Gasteiger partial charge < -0.3 is 4.74 Å². The summed E-state index contributed by atoms with van der Waals surface area (Å²) in [6, 6.07) is 4.84. The Bertz CT molecular complexity index is 322. The van der Waals surface area contributed by atoms with E-state index in [0.717, 1.165) is 4.47 Å². The highest BCUT2D eigenvalue weighted by molar-refractivity contribution is 9.10. The van der Waals surface area contributed by atoms with Crippen LogP contribution >= 0.6 is 15.9 Å². The van der Waals surface area contributed by atoms with Crippen molar-refractivity contribution >= 4 is 15.9 Å². The smallest absolute Gasteiger partial charge is 0.422 e. The Morgan fingerprint density at radius 2 is 2.00 bits per heavy atom. The lowest BCUT2D eigenvalue weighted by molar-refractivity contribution is -0.153. The van der Waals surface area contributed by atoms with Crippen molar-refractivity contribution in [2.45, 2.75) is 13.1 Å². The molecule has 0 spiro atoms. The zero-order valence-electron chi connectivity index (χ0n) is 7.36. The van der Waals surface area contributed by atoms with E-state index in [4.69, 9.17) is 0 Å². The first-order valence-corrected chi connectivity index (χ1v) is 4.63. The van der Waals surface area contributed by atoms with Crippen molar-refractivity contribution in [2.75, 3.05) is 6.61 Å². The van der Waals surface area contributed by atoms with E-state index in [9.17, 15) is 13.2 Å². The Kier molecular flexibility index (Phi) is 3.42. The maximum absolute atomic E-state index is 11.8. The van der Waals surface area contributed by atoms with Gasteiger partial charge in [-0.3, -0.25) is 0 Å². The largest absolute Gasteiger partial charge is 0.484 e. The quantitative estimate of drug-likeness (QED) is 0.795. The highest BCUT2D eigenvalue weighted by Gasteiger charge is 2.28. The molecule has 1 aromatic rings. The summed E-state index contributed by atoms with van der Waals surface area (Å²) in [7, 11) is 0. The van der Waals surface area contributed by atoms with E-state index >= 15 is 0 Å². The Labute approximate surface area is 88.0 Å². The van der Waals surface area contributed by atoms with Crippen LogP contribution in [0.3, 0.4) is 0 Å². The molecule has 0 aliphatic carbocycles. The Morgan fingerprint density at radius 3 is 2.50 bits per heavy atom. The second-order valence-corrected chi connectivity index (χ2v) is 3.73. The number of rotatable bonds is 2. The van der Waals surface area contributed by atoms with Crippen LogP contribution in [0.5, 0.6) is 5.75 Å². The van der Waals surface area contributed by atoms with Gasteiger partial charge in [-0.25, -0.2) is 0 Å². The number of alkyl halides is 3. The Morgan fingerprint density at radius 1 is 1.36 bits per heavy atom. The van der Waals surface area contributed by atoms with E-state index in [0.29, 0.717) is 5.56 Å². The molecule has 14 heavy (non-hydrogen) atoms. The van der Waals surface area contributed by atoms with Gasteiger partial charge in [-0.1, -0.05) is 15.9 Å². The van der Waals surface area contributed by atoms with Gasteiger partial charge in [0.15, 0.2) is 6.61 Å². The van der Waals surface area contributed by atoms with Crippen LogP contribution in [0.4, 0.5) is 13.2 Å². The summed E-state index contributed by atoms with van der Waals surface area (Å²) in [4.78, 5) is 0. The first-order valence-electron chi connectivity index (χ1n) is 3.84. The molecule has 1 rings (SSSR count). The van der Waals surface area contributed by atoms with E-state index in [2.05, 4.69) is 20.7 Å². The van der Waals surface area contributed by atoms with E-state index < -0.39 is 12.8 Å². The fourth-order valence-electron chi connectivity index (χ4n) is 0.934. The molecule has 0 bridgehead atoms. The van der Waals surface area contributed by atoms with Crippen LogP contribution in [0.25, 0.3) is 0 Å². The zero-order valence-corrected chi connectivity index (χ0v) is 8.95. The molecule has 0 fully saturated rings. The van der Waals surface area contributed by atoms with Crippen LogP contribution in [0, 0.1) is 6.92 Å². The van der Waals surface area contributed by atoms with Gasteiger partial charge in [0.05, 0.1) is 0 Å². The van der Waals surface area contributed by atoms with Gasteiger partial charge in [0, 0.05) is 4.47 Å². The number of benzene rings is 1. The van der Waals surface area contributed by atoms with Gasteiger partial charge in [0.25, 0.3) is 0 Å². The molecule has 1 nitrogen and oxygen atoms in total. The molecule has 5 heteroatoms. The molecule has 0 saturated carbocycles. The van der Waals surface area contributed by atoms with Gasteiger partial charge >= 0.3 is 6.18 Å². The minimum Gasteiger partial charge on any atom is -0.484 e. The second kappa shape index (κ2) is 4.21. The van der Waals surface area contributed by atoms with Crippen molar-refractivity contribution in [3.05, 3.63) is 28.2 Å². The van der Waals surface area contributed by atoms with Gasteiger partial charge in [-0.2, -0.15) is 13.2 Å². The summed E-state index contributed by atoms with van der Waals surface area (Å²) in [6.07, 6.45) is -4.29. The highest BCUT2D eigenvalue weighted by Crippen LogP contribution is 2.24. The highest BCUT2D eigenvalue weighted by atomic mass is 79.9. The lowest BCUT2D eigenvalue weighted by atomic mass is 10.2. The lowest BCUT2D eigenvalue weighted by Crippen LogP contribution is -2.19. The normalized spacial score (nSPS) is 11.5. The lowest BCUT2D eigenvalue weighted by Gasteiger charge is -2.11. The van der Waals surface area contributed by atoms with Crippen molar-refractivity contribution in [3.8, 4) is 5.75 Å². The number of hydrogen-bond acceptors (Lipinski definition) is 1. The molecular weight excluding hydrogens is 261 g/mol. The number of hydrogen-bond donors (Lipinski definition) is 0. The average molecular weight is 269 g/mol. The minimum atomic E-state index is -4.29. The van der Waals surface area contributed by atoms with Crippen LogP contribution < -0.4 is 4.74 Å². The van der Waals surface area contributed by atoms with E-state index in [1.807, 2.05) is 0 Å². The van der Waals surface area contributed by atoms with Crippen molar-refractivity contribution in [3.63, 3.8) is 0 Å². The van der Waals surface area contributed by atoms with Crippen molar-refractivity contribution in [1.29, 1.82) is 0 Å². The third kappa shape index (κ3) is 3.57. The van der Waals surface area contributed by atoms with E-state index in [1.54, 1.807) is 19.1 Å². The molecule has 0 atom stereocenters. The molecule has 0 saturated heterocycles. The SMILES string of the molecule is Cc1cc(Br)ccc1OCC(F)(F)F. The fourth-order valence-corrected chi connectivity index (χ4v) is 1.41. The summed E-state index contributed by atoms with van der Waals surface area (Å²) in [5.74, 6) is 0.255. The fraction of sp³-hybridized carbons (Fsp3) is 0.333. The topological polar surface area (TPSA) is 9.23 Å². The molecule has 1 aromatic carbocycles. The van der Waals surface area contributed by atoms with Gasteiger partial charge in [-0.15, -0.1) is 0 Å². The first-order chi connectivity index (χ1) is 6.38. The maximum atomic E-state index is 11.8. The first kappa shape index (κ1) is 11.4. The van der Waals surface area contributed by atoms with Gasteiger partial charge in [-0.05, 0) is 30.7 Å². The molecule has 0 aromatic heterocycles. The second-order valence-electron chi connectivity index (χ2n) is 2.81. The van der Waals surface area contributed by atoms with Gasteiger partial charge in [0.1, 0.15) is 5.75 Å². The van der Waals surface area contributed by atoms with Crippen LogP contribution in [-0.4, -0.2) is 12.8 Å². The summed E-state index contributed by atoms with van der Waals surface area (Å²) in [5, 5.41) is 0. The predicted octanol–water partition coefficient (Wildman–Crippen LogP) is 3.70. The molecule has 0 aliphatic rings. The summed E-state index contributed by atoms with van der Waals surface area (Å²) in [6.45, 7) is 0.436. The van der Waals surface area contributed by atoms with Crippen LogP contribution in [0.1, 0.15) is 5.56 Å². The van der Waals surface area contributed by atoms with E-state index in [-0.39, 0.29) is 5.75 Å². The molecule has 0 amide bonds. The summed E-state index contributed by atoms with van der Waals surface area (Å²) >= 11 is 3.21. The van der Waals surface area contributed by atoms with Crippen molar-refractivity contribution in [1.82, 2.24) is 0 Å². The number of halogens is 4. The molecule has 0 N–H and O–H groups in total. The predicted molar refractivity (Wildman–Crippen MR) is 50.4 cm³/mol.